The number of ether oxygens (including phenoxy) is 1. The molecule has 0 bridgehead atoms. The summed E-state index contributed by atoms with van der Waals surface area (Å²) in [5.74, 6) is 0.924. The molecule has 2 aliphatic rings. The first kappa shape index (κ1) is 11.0. The van der Waals surface area contributed by atoms with Gasteiger partial charge in [0.2, 0.25) is 0 Å². The van der Waals surface area contributed by atoms with Crippen LogP contribution in [-0.2, 0) is 10.2 Å². The molecule has 1 aliphatic heterocycles. The molecular weight excluding hydrogens is 238 g/mol. The molecule has 1 aromatic carbocycles. The molecule has 1 aliphatic carbocycles. The van der Waals surface area contributed by atoms with E-state index in [9.17, 15) is 5.26 Å². The summed E-state index contributed by atoms with van der Waals surface area (Å²) >= 11 is 0. The van der Waals surface area contributed by atoms with Crippen molar-refractivity contribution in [2.24, 2.45) is 5.41 Å². The lowest BCUT2D eigenvalue weighted by atomic mass is 9.66. The second-order valence-corrected chi connectivity index (χ2v) is 5.82. The van der Waals surface area contributed by atoms with Crippen LogP contribution >= 0.6 is 0 Å². The average molecular weight is 253 g/mol. The Kier molecular flexibility index (Phi) is 1.95. The van der Waals surface area contributed by atoms with Crippen LogP contribution in [0.3, 0.4) is 0 Å². The molecule has 0 radical (unpaired) electrons. The summed E-state index contributed by atoms with van der Waals surface area (Å²) < 4.78 is 5.46. The summed E-state index contributed by atoms with van der Waals surface area (Å²) in [7, 11) is 0. The smallest absolute Gasteiger partial charge is 0.104 e. The molecule has 2 heterocycles. The fourth-order valence-electron chi connectivity index (χ4n) is 3.28. The summed E-state index contributed by atoms with van der Waals surface area (Å²) in [6, 6.07) is 8.85. The molecule has 1 aromatic heterocycles. The molecule has 96 valence electrons. The van der Waals surface area contributed by atoms with E-state index in [-0.39, 0.29) is 10.8 Å². The minimum absolute atomic E-state index is 0.102. The topological polar surface area (TPSA) is 61.7 Å². The second kappa shape index (κ2) is 3.37. The lowest BCUT2D eigenvalue weighted by Gasteiger charge is -2.45. The highest BCUT2D eigenvalue weighted by Crippen LogP contribution is 2.62. The Morgan fingerprint density at radius 1 is 1.37 bits per heavy atom. The van der Waals surface area contributed by atoms with Gasteiger partial charge < -0.3 is 9.72 Å². The molecular formula is C15H15N3O. The normalized spacial score (nSPS) is 22.7. The molecule has 1 saturated carbocycles. The lowest BCUT2D eigenvalue weighted by molar-refractivity contribution is -0.0866. The van der Waals surface area contributed by atoms with E-state index in [2.05, 4.69) is 28.2 Å². The Balaban J connectivity index is 1.87. The standard InChI is InChI=1S/C15H15N3O/c1-10-17-12-3-2-11(6-13(12)18-10)15(8-19-9-15)14(7-16)4-5-14/h2-3,6H,4-5,8-9H2,1H3,(H,17,18). The number of H-pyrrole nitrogens is 1. The number of benzene rings is 1. The Hall–Kier alpha value is -1.86. The van der Waals surface area contributed by atoms with Gasteiger partial charge in [0.25, 0.3) is 0 Å². The van der Waals surface area contributed by atoms with E-state index in [1.54, 1.807) is 0 Å². The molecule has 4 rings (SSSR count). The van der Waals surface area contributed by atoms with E-state index in [4.69, 9.17) is 4.74 Å². The van der Waals surface area contributed by atoms with Crippen LogP contribution < -0.4 is 0 Å². The van der Waals surface area contributed by atoms with Crippen molar-refractivity contribution in [1.82, 2.24) is 9.97 Å². The van der Waals surface area contributed by atoms with Crippen LogP contribution in [-0.4, -0.2) is 23.2 Å². The molecule has 1 N–H and O–H groups in total. The largest absolute Gasteiger partial charge is 0.379 e. The zero-order valence-corrected chi connectivity index (χ0v) is 10.9. The number of hydrogen-bond donors (Lipinski definition) is 1. The number of imidazole rings is 1. The van der Waals surface area contributed by atoms with E-state index in [0.717, 1.165) is 29.7 Å². The SMILES string of the molecule is Cc1nc2ccc(C3(C4(C#N)CC4)COC3)cc2[nH]1. The van der Waals surface area contributed by atoms with Crippen molar-refractivity contribution in [3.05, 3.63) is 29.6 Å². The zero-order chi connectivity index (χ0) is 13.1. The summed E-state index contributed by atoms with van der Waals surface area (Å²) in [6.07, 6.45) is 1.99. The number of nitrogens with one attached hydrogen (secondary N) is 1. The third-order valence-corrected chi connectivity index (χ3v) is 4.73. The van der Waals surface area contributed by atoms with Gasteiger partial charge in [0.15, 0.2) is 0 Å². The predicted molar refractivity (Wildman–Crippen MR) is 70.6 cm³/mol. The van der Waals surface area contributed by atoms with Crippen LogP contribution in [0.1, 0.15) is 24.2 Å². The van der Waals surface area contributed by atoms with Crippen LogP contribution in [0.15, 0.2) is 18.2 Å². The van der Waals surface area contributed by atoms with Crippen LogP contribution in [0.2, 0.25) is 0 Å². The van der Waals surface area contributed by atoms with Crippen molar-refractivity contribution < 1.29 is 4.74 Å². The van der Waals surface area contributed by atoms with Crippen molar-refractivity contribution in [3.63, 3.8) is 0 Å². The van der Waals surface area contributed by atoms with Gasteiger partial charge in [-0.25, -0.2) is 4.98 Å². The second-order valence-electron chi connectivity index (χ2n) is 5.82. The van der Waals surface area contributed by atoms with Gasteiger partial charge in [0.1, 0.15) is 5.82 Å². The van der Waals surface area contributed by atoms with Crippen LogP contribution in [0, 0.1) is 23.7 Å². The highest BCUT2D eigenvalue weighted by Gasteiger charge is 2.64. The number of rotatable bonds is 2. The first-order valence-corrected chi connectivity index (χ1v) is 6.65. The van der Waals surface area contributed by atoms with Gasteiger partial charge in [0.05, 0.1) is 41.1 Å². The van der Waals surface area contributed by atoms with Gasteiger partial charge in [-0.3, -0.25) is 0 Å². The van der Waals surface area contributed by atoms with Crippen LogP contribution in [0.5, 0.6) is 0 Å². The maximum absolute atomic E-state index is 9.51. The Morgan fingerprint density at radius 3 is 2.74 bits per heavy atom. The van der Waals surface area contributed by atoms with Crippen molar-refractivity contribution in [2.75, 3.05) is 13.2 Å². The number of aromatic amines is 1. The third-order valence-electron chi connectivity index (χ3n) is 4.73. The third kappa shape index (κ3) is 1.28. The van der Waals surface area contributed by atoms with E-state index < -0.39 is 0 Å². The number of nitriles is 1. The van der Waals surface area contributed by atoms with Crippen molar-refractivity contribution >= 4 is 11.0 Å². The lowest BCUT2D eigenvalue weighted by Crippen LogP contribution is -2.53. The summed E-state index contributed by atoms with van der Waals surface area (Å²) in [4.78, 5) is 7.70. The molecule has 0 atom stereocenters. The van der Waals surface area contributed by atoms with Crippen LogP contribution in [0.4, 0.5) is 0 Å². The number of aryl methyl sites for hydroxylation is 1. The highest BCUT2D eigenvalue weighted by atomic mass is 16.5. The minimum Gasteiger partial charge on any atom is -0.379 e. The van der Waals surface area contributed by atoms with Crippen molar-refractivity contribution in [1.29, 1.82) is 5.26 Å². The molecule has 19 heavy (non-hydrogen) atoms. The monoisotopic (exact) mass is 253 g/mol. The molecule has 0 unspecified atom stereocenters. The Labute approximate surface area is 111 Å². The fraction of sp³-hybridized carbons (Fsp3) is 0.467. The highest BCUT2D eigenvalue weighted by molar-refractivity contribution is 5.76. The first-order valence-electron chi connectivity index (χ1n) is 6.65. The molecule has 2 fully saturated rings. The van der Waals surface area contributed by atoms with Crippen LogP contribution in [0.25, 0.3) is 11.0 Å². The van der Waals surface area contributed by atoms with Gasteiger partial charge >= 0.3 is 0 Å². The molecule has 4 nitrogen and oxygen atoms in total. The Morgan fingerprint density at radius 2 is 2.16 bits per heavy atom. The Bertz CT molecular complexity index is 702. The van der Waals surface area contributed by atoms with Gasteiger partial charge in [-0.05, 0) is 37.5 Å². The molecule has 2 aromatic rings. The summed E-state index contributed by atoms with van der Waals surface area (Å²) in [5.41, 5.74) is 2.95. The van der Waals surface area contributed by atoms with E-state index >= 15 is 0 Å². The number of fused-ring (bicyclic) bond motifs is 1. The quantitative estimate of drug-likeness (QED) is 0.894. The maximum atomic E-state index is 9.51. The molecule has 0 amide bonds. The fourth-order valence-corrected chi connectivity index (χ4v) is 3.28. The first-order chi connectivity index (χ1) is 9.19. The molecule has 1 saturated heterocycles. The minimum atomic E-state index is -0.200. The summed E-state index contributed by atoms with van der Waals surface area (Å²) in [5, 5.41) is 9.51. The summed E-state index contributed by atoms with van der Waals surface area (Å²) in [6.45, 7) is 3.29. The average Bonchev–Trinajstić information content (AvgIpc) is 3.04. The van der Waals surface area contributed by atoms with Crippen molar-refractivity contribution in [3.8, 4) is 6.07 Å². The van der Waals surface area contributed by atoms with E-state index in [0.29, 0.717) is 13.2 Å². The maximum Gasteiger partial charge on any atom is 0.104 e. The van der Waals surface area contributed by atoms with Gasteiger partial charge in [0, 0.05) is 0 Å². The number of nitrogens with zero attached hydrogens (tertiary/aromatic N) is 2. The number of aromatic nitrogens is 2. The van der Waals surface area contributed by atoms with E-state index in [1.807, 2.05) is 13.0 Å². The molecule has 4 heteroatoms. The molecule has 0 spiro atoms. The van der Waals surface area contributed by atoms with E-state index in [1.165, 1.54) is 5.56 Å². The van der Waals surface area contributed by atoms with Gasteiger partial charge in [-0.2, -0.15) is 5.26 Å². The van der Waals surface area contributed by atoms with Gasteiger partial charge in [-0.1, -0.05) is 6.07 Å². The predicted octanol–water partition coefficient (Wildman–Crippen LogP) is 2.44. The van der Waals surface area contributed by atoms with Gasteiger partial charge in [-0.15, -0.1) is 0 Å². The van der Waals surface area contributed by atoms with Crippen molar-refractivity contribution in [2.45, 2.75) is 25.2 Å². The number of hydrogen-bond acceptors (Lipinski definition) is 3. The zero-order valence-electron chi connectivity index (χ0n) is 10.9.